The van der Waals surface area contributed by atoms with Crippen LogP contribution in [0.3, 0.4) is 0 Å². The molecule has 0 aromatic heterocycles. The van der Waals surface area contributed by atoms with Gasteiger partial charge in [0.1, 0.15) is 29.0 Å². The highest BCUT2D eigenvalue weighted by atomic mass is 19.4. The van der Waals surface area contributed by atoms with E-state index in [-0.39, 0.29) is 22.6 Å². The van der Waals surface area contributed by atoms with E-state index in [0.717, 1.165) is 37.0 Å². The molecule has 8 heteroatoms. The van der Waals surface area contributed by atoms with E-state index in [9.17, 15) is 22.0 Å². The maximum Gasteiger partial charge on any atom is 0.422 e. The molecule has 4 rings (SSSR count). The Balaban J connectivity index is 1.46. The average Bonchev–Trinajstić information content (AvgIpc) is 2.89. The third kappa shape index (κ3) is 7.46. The number of halogens is 6. The Morgan fingerprint density at radius 1 is 0.718 bits per heavy atom. The average molecular weight is 547 g/mol. The second kappa shape index (κ2) is 12.5. The van der Waals surface area contributed by atoms with Gasteiger partial charge < -0.3 is 9.47 Å². The van der Waals surface area contributed by atoms with Crippen LogP contribution in [0.15, 0.2) is 66.7 Å². The summed E-state index contributed by atoms with van der Waals surface area (Å²) in [5.74, 6) is -1.71. The highest BCUT2D eigenvalue weighted by Crippen LogP contribution is 2.33. The molecule has 0 bridgehead atoms. The van der Waals surface area contributed by atoms with Crippen molar-refractivity contribution in [2.45, 2.75) is 45.2 Å². The summed E-state index contributed by atoms with van der Waals surface area (Å²) >= 11 is 0. The van der Waals surface area contributed by atoms with Crippen LogP contribution in [0.4, 0.5) is 26.3 Å². The van der Waals surface area contributed by atoms with Crippen LogP contribution in [0.2, 0.25) is 0 Å². The number of ether oxygens (including phenoxy) is 2. The Bertz CT molecular complexity index is 1390. The van der Waals surface area contributed by atoms with Crippen LogP contribution in [-0.2, 0) is 12.8 Å². The minimum Gasteiger partial charge on any atom is -0.493 e. The maximum absolute atomic E-state index is 15.3. The summed E-state index contributed by atoms with van der Waals surface area (Å²) in [6.07, 6.45) is -0.821. The third-order valence-corrected chi connectivity index (χ3v) is 6.36. The molecule has 0 unspecified atom stereocenters. The lowest BCUT2D eigenvalue weighted by molar-refractivity contribution is -0.153. The maximum atomic E-state index is 15.3. The molecule has 0 radical (unpaired) electrons. The van der Waals surface area contributed by atoms with Gasteiger partial charge in [0.2, 0.25) is 0 Å². The van der Waals surface area contributed by atoms with Gasteiger partial charge in [0.15, 0.2) is 6.61 Å². The molecular formula is C31H28F6O2. The highest BCUT2D eigenvalue weighted by molar-refractivity contribution is 5.88. The van der Waals surface area contributed by atoms with Crippen molar-refractivity contribution in [3.63, 3.8) is 0 Å². The lowest BCUT2D eigenvalue weighted by Crippen LogP contribution is -2.19. The topological polar surface area (TPSA) is 18.5 Å². The van der Waals surface area contributed by atoms with Crippen LogP contribution in [0.1, 0.15) is 37.3 Å². The van der Waals surface area contributed by atoms with Crippen molar-refractivity contribution in [2.75, 3.05) is 13.2 Å². The quantitative estimate of drug-likeness (QED) is 0.138. The molecule has 0 heterocycles. The van der Waals surface area contributed by atoms with Gasteiger partial charge in [-0.2, -0.15) is 13.2 Å². The van der Waals surface area contributed by atoms with Gasteiger partial charge in [0.25, 0.3) is 0 Å². The van der Waals surface area contributed by atoms with Crippen LogP contribution in [0, 0.1) is 17.5 Å². The molecule has 0 atom stereocenters. The Morgan fingerprint density at radius 2 is 1.44 bits per heavy atom. The molecule has 206 valence electrons. The van der Waals surface area contributed by atoms with E-state index >= 15 is 4.39 Å². The predicted molar refractivity (Wildman–Crippen MR) is 140 cm³/mol. The zero-order chi connectivity index (χ0) is 28.0. The Kier molecular flexibility index (Phi) is 9.04. The Morgan fingerprint density at radius 3 is 2.10 bits per heavy atom. The molecule has 0 fully saturated rings. The van der Waals surface area contributed by atoms with Gasteiger partial charge in [-0.3, -0.25) is 0 Å². The molecule has 39 heavy (non-hydrogen) atoms. The summed E-state index contributed by atoms with van der Waals surface area (Å²) in [5, 5.41) is 0.822. The van der Waals surface area contributed by atoms with Crippen LogP contribution in [0.5, 0.6) is 11.5 Å². The first-order valence-electron chi connectivity index (χ1n) is 12.8. The van der Waals surface area contributed by atoms with Gasteiger partial charge in [-0.15, -0.1) is 0 Å². The number of hydrogen-bond donors (Lipinski definition) is 0. The van der Waals surface area contributed by atoms with Crippen LogP contribution >= 0.6 is 0 Å². The minimum atomic E-state index is -4.41. The summed E-state index contributed by atoms with van der Waals surface area (Å²) in [5.41, 5.74) is 1.35. The van der Waals surface area contributed by atoms with Crippen molar-refractivity contribution in [3.8, 4) is 22.6 Å². The van der Waals surface area contributed by atoms with Crippen LogP contribution in [-0.4, -0.2) is 19.4 Å². The molecule has 0 amide bonds. The van der Waals surface area contributed by atoms with E-state index in [4.69, 9.17) is 9.47 Å². The molecule has 0 N–H and O–H groups in total. The number of fused-ring (bicyclic) bond motifs is 1. The fourth-order valence-electron chi connectivity index (χ4n) is 4.33. The first-order chi connectivity index (χ1) is 18.6. The molecule has 4 aromatic rings. The molecule has 4 aromatic carbocycles. The number of rotatable bonds is 11. The molecule has 0 aliphatic rings. The SMILES string of the molecule is CCCCCOc1cc(F)c(-c2ccc3c(F)c(CCc4ccc(OCC(F)(F)F)cc4)ccc3c2)c(F)c1. The van der Waals surface area contributed by atoms with E-state index in [1.165, 1.54) is 24.3 Å². The number of unbranched alkanes of at least 4 members (excludes halogenated alkanes) is 2. The van der Waals surface area contributed by atoms with Crippen molar-refractivity contribution < 1.29 is 35.8 Å². The van der Waals surface area contributed by atoms with Crippen LogP contribution < -0.4 is 9.47 Å². The zero-order valence-electron chi connectivity index (χ0n) is 21.4. The first kappa shape index (κ1) is 28.3. The number of aryl methyl sites for hydroxylation is 2. The highest BCUT2D eigenvalue weighted by Gasteiger charge is 2.28. The predicted octanol–water partition coefficient (Wildman–Crippen LogP) is 9.22. The lowest BCUT2D eigenvalue weighted by Gasteiger charge is -2.12. The second-order valence-electron chi connectivity index (χ2n) is 9.34. The van der Waals surface area contributed by atoms with Crippen LogP contribution in [0.25, 0.3) is 21.9 Å². The first-order valence-corrected chi connectivity index (χ1v) is 12.8. The summed E-state index contributed by atoms with van der Waals surface area (Å²) in [6, 6.07) is 16.4. The molecule has 0 saturated carbocycles. The van der Waals surface area contributed by atoms with Crippen molar-refractivity contribution in [3.05, 3.63) is 95.3 Å². The Hall–Kier alpha value is -3.68. The number of hydrogen-bond acceptors (Lipinski definition) is 2. The third-order valence-electron chi connectivity index (χ3n) is 6.36. The fraction of sp³-hybridized carbons (Fsp3) is 0.290. The standard InChI is InChI=1S/C31H28F6O2/c1-2-3-4-15-38-25-17-27(32)29(28(33)18-25)23-11-14-26-22(16-23)10-9-21(30(26)34)8-5-20-6-12-24(13-7-20)39-19-31(35,36)37/h6-7,9-14,16-18H,2-5,8,15,19H2,1H3. The van der Waals surface area contributed by atoms with Crippen molar-refractivity contribution in [1.82, 2.24) is 0 Å². The second-order valence-corrected chi connectivity index (χ2v) is 9.34. The van der Waals surface area contributed by atoms with E-state index in [1.807, 2.05) is 0 Å². The smallest absolute Gasteiger partial charge is 0.422 e. The molecule has 0 aliphatic heterocycles. The van der Waals surface area contributed by atoms with Gasteiger partial charge in [-0.05, 0) is 59.5 Å². The minimum absolute atomic E-state index is 0.103. The lowest BCUT2D eigenvalue weighted by atomic mass is 9.96. The number of benzene rings is 4. The van der Waals surface area contributed by atoms with Crippen molar-refractivity contribution >= 4 is 10.8 Å². The van der Waals surface area contributed by atoms with E-state index in [2.05, 4.69) is 6.92 Å². The van der Waals surface area contributed by atoms with Gasteiger partial charge in [-0.25, -0.2) is 13.2 Å². The molecule has 0 aliphatic carbocycles. The van der Waals surface area contributed by atoms with E-state index in [0.29, 0.717) is 35.8 Å². The summed E-state index contributed by atoms with van der Waals surface area (Å²) in [7, 11) is 0. The van der Waals surface area contributed by atoms with Gasteiger partial charge in [-0.1, -0.05) is 56.2 Å². The molecule has 2 nitrogen and oxygen atoms in total. The largest absolute Gasteiger partial charge is 0.493 e. The normalized spacial score (nSPS) is 11.7. The fourth-order valence-corrected chi connectivity index (χ4v) is 4.33. The van der Waals surface area contributed by atoms with E-state index < -0.39 is 30.2 Å². The van der Waals surface area contributed by atoms with Crippen molar-refractivity contribution in [1.29, 1.82) is 0 Å². The van der Waals surface area contributed by atoms with E-state index in [1.54, 1.807) is 30.3 Å². The number of alkyl halides is 3. The van der Waals surface area contributed by atoms with Gasteiger partial charge in [0.05, 0.1) is 12.2 Å². The molecule has 0 spiro atoms. The molecular weight excluding hydrogens is 518 g/mol. The summed E-state index contributed by atoms with van der Waals surface area (Å²) in [6.45, 7) is 1.07. The van der Waals surface area contributed by atoms with Gasteiger partial charge >= 0.3 is 6.18 Å². The Labute approximate surface area is 223 Å². The molecule has 0 saturated heterocycles. The summed E-state index contributed by atoms with van der Waals surface area (Å²) in [4.78, 5) is 0. The van der Waals surface area contributed by atoms with Crippen molar-refractivity contribution in [2.24, 2.45) is 0 Å². The monoisotopic (exact) mass is 546 g/mol. The zero-order valence-corrected chi connectivity index (χ0v) is 21.4. The van der Waals surface area contributed by atoms with Gasteiger partial charge in [0, 0.05) is 17.5 Å². The summed E-state index contributed by atoms with van der Waals surface area (Å²) < 4.78 is 92.0.